The summed E-state index contributed by atoms with van der Waals surface area (Å²) in [5.74, 6) is 0.918. The summed E-state index contributed by atoms with van der Waals surface area (Å²) in [5.41, 5.74) is 8.99. The van der Waals surface area contributed by atoms with Crippen LogP contribution in [0.2, 0.25) is 0 Å². The first-order valence-electron chi connectivity index (χ1n) is 7.48. The van der Waals surface area contributed by atoms with Gasteiger partial charge in [0.15, 0.2) is 0 Å². The van der Waals surface area contributed by atoms with Crippen LogP contribution < -0.4 is 10.5 Å². The maximum atomic E-state index is 6.43. The minimum Gasteiger partial charge on any atom is -0.494 e. The number of benzene rings is 1. The molecule has 2 rings (SSSR count). The van der Waals surface area contributed by atoms with Crippen LogP contribution in [0.5, 0.6) is 5.75 Å². The zero-order valence-corrected chi connectivity index (χ0v) is 11.9. The van der Waals surface area contributed by atoms with E-state index in [-0.39, 0.29) is 6.04 Å². The van der Waals surface area contributed by atoms with Gasteiger partial charge in [-0.1, -0.05) is 36.6 Å². The quantitative estimate of drug-likeness (QED) is 0.815. The molecule has 2 heteroatoms. The first-order chi connectivity index (χ1) is 9.31. The molecule has 0 fully saturated rings. The largest absolute Gasteiger partial charge is 0.494 e. The van der Waals surface area contributed by atoms with Crippen molar-refractivity contribution in [3.63, 3.8) is 0 Å². The SMILES string of the molecule is CCOc1cccc(C(N)/C2=C/CCCCCC2)c1. The topological polar surface area (TPSA) is 35.2 Å². The van der Waals surface area contributed by atoms with Gasteiger partial charge in [0, 0.05) is 0 Å². The van der Waals surface area contributed by atoms with E-state index >= 15 is 0 Å². The molecule has 0 aliphatic heterocycles. The second-order valence-electron chi connectivity index (χ2n) is 5.22. The molecule has 0 radical (unpaired) electrons. The lowest BCUT2D eigenvalue weighted by Crippen LogP contribution is -2.14. The van der Waals surface area contributed by atoms with E-state index < -0.39 is 0 Å². The molecular formula is C17H25NO. The van der Waals surface area contributed by atoms with E-state index in [0.717, 1.165) is 17.7 Å². The Labute approximate surface area is 116 Å². The smallest absolute Gasteiger partial charge is 0.119 e. The molecule has 1 atom stereocenters. The van der Waals surface area contributed by atoms with E-state index in [1.54, 1.807) is 0 Å². The fraction of sp³-hybridized carbons (Fsp3) is 0.529. The number of hydrogen-bond donors (Lipinski definition) is 1. The summed E-state index contributed by atoms with van der Waals surface area (Å²) in [6.45, 7) is 2.70. The van der Waals surface area contributed by atoms with Crippen molar-refractivity contribution in [1.82, 2.24) is 0 Å². The van der Waals surface area contributed by atoms with Gasteiger partial charge in [0.05, 0.1) is 12.6 Å². The Bertz CT molecular complexity index is 425. The number of ether oxygens (including phenoxy) is 1. The molecule has 2 nitrogen and oxygen atoms in total. The number of allylic oxidation sites excluding steroid dienone is 1. The lowest BCUT2D eigenvalue weighted by atomic mass is 9.91. The highest BCUT2D eigenvalue weighted by Crippen LogP contribution is 2.28. The van der Waals surface area contributed by atoms with E-state index in [1.165, 1.54) is 37.7 Å². The van der Waals surface area contributed by atoms with Crippen LogP contribution in [0, 0.1) is 0 Å². The molecule has 1 aliphatic carbocycles. The molecule has 0 heterocycles. The van der Waals surface area contributed by atoms with Crippen molar-refractivity contribution >= 4 is 0 Å². The van der Waals surface area contributed by atoms with Crippen LogP contribution in [0.15, 0.2) is 35.9 Å². The molecule has 1 aromatic carbocycles. The normalized spacial score (nSPS) is 20.8. The van der Waals surface area contributed by atoms with Crippen LogP contribution in [0.1, 0.15) is 57.1 Å². The maximum Gasteiger partial charge on any atom is 0.119 e. The van der Waals surface area contributed by atoms with Gasteiger partial charge in [-0.3, -0.25) is 0 Å². The number of nitrogens with two attached hydrogens (primary N) is 1. The average molecular weight is 259 g/mol. The van der Waals surface area contributed by atoms with Gasteiger partial charge >= 0.3 is 0 Å². The molecule has 1 aromatic rings. The summed E-state index contributed by atoms with van der Waals surface area (Å²) in [5, 5.41) is 0. The predicted octanol–water partition coefficient (Wildman–Crippen LogP) is 4.37. The zero-order valence-electron chi connectivity index (χ0n) is 11.9. The fourth-order valence-corrected chi connectivity index (χ4v) is 2.68. The van der Waals surface area contributed by atoms with Crippen molar-refractivity contribution in [2.45, 2.75) is 51.5 Å². The fourth-order valence-electron chi connectivity index (χ4n) is 2.68. The minimum atomic E-state index is 0.0264. The van der Waals surface area contributed by atoms with Gasteiger partial charge in [0.1, 0.15) is 5.75 Å². The summed E-state index contributed by atoms with van der Waals surface area (Å²) < 4.78 is 5.55. The minimum absolute atomic E-state index is 0.0264. The van der Waals surface area contributed by atoms with Gasteiger partial charge in [-0.2, -0.15) is 0 Å². The molecule has 0 aromatic heterocycles. The summed E-state index contributed by atoms with van der Waals surface area (Å²) in [4.78, 5) is 0. The van der Waals surface area contributed by atoms with E-state index in [1.807, 2.05) is 19.1 Å². The highest BCUT2D eigenvalue weighted by molar-refractivity contribution is 5.34. The van der Waals surface area contributed by atoms with Crippen LogP contribution in [-0.2, 0) is 0 Å². The van der Waals surface area contributed by atoms with Gasteiger partial charge < -0.3 is 10.5 Å². The zero-order chi connectivity index (χ0) is 13.5. The Morgan fingerprint density at radius 3 is 2.89 bits per heavy atom. The third-order valence-electron chi connectivity index (χ3n) is 3.75. The molecular weight excluding hydrogens is 234 g/mol. The lowest BCUT2D eigenvalue weighted by molar-refractivity contribution is 0.339. The van der Waals surface area contributed by atoms with Crippen molar-refractivity contribution in [3.8, 4) is 5.75 Å². The monoisotopic (exact) mass is 259 g/mol. The van der Waals surface area contributed by atoms with E-state index in [4.69, 9.17) is 10.5 Å². The molecule has 0 saturated carbocycles. The van der Waals surface area contributed by atoms with E-state index in [2.05, 4.69) is 18.2 Å². The van der Waals surface area contributed by atoms with Gasteiger partial charge in [-0.05, 0) is 50.3 Å². The van der Waals surface area contributed by atoms with Crippen LogP contribution in [0.25, 0.3) is 0 Å². The summed E-state index contributed by atoms with van der Waals surface area (Å²) in [7, 11) is 0. The standard InChI is InChI=1S/C17H25NO/c1-2-19-16-12-8-11-15(13-16)17(18)14-9-6-4-3-5-7-10-14/h8-9,11-13,17H,2-7,10,18H2,1H3/b14-9+. The van der Waals surface area contributed by atoms with Crippen molar-refractivity contribution in [3.05, 3.63) is 41.5 Å². The Morgan fingerprint density at radius 1 is 1.21 bits per heavy atom. The summed E-state index contributed by atoms with van der Waals surface area (Å²) in [6, 6.07) is 8.23. The van der Waals surface area contributed by atoms with Gasteiger partial charge in [-0.25, -0.2) is 0 Å². The molecule has 0 amide bonds. The Balaban J connectivity index is 2.12. The first-order valence-corrected chi connectivity index (χ1v) is 7.48. The van der Waals surface area contributed by atoms with Crippen LogP contribution in [0.3, 0.4) is 0 Å². The number of rotatable bonds is 4. The van der Waals surface area contributed by atoms with Crippen molar-refractivity contribution < 1.29 is 4.74 Å². The van der Waals surface area contributed by atoms with Crippen LogP contribution in [0.4, 0.5) is 0 Å². The van der Waals surface area contributed by atoms with Crippen molar-refractivity contribution in [1.29, 1.82) is 0 Å². The highest BCUT2D eigenvalue weighted by atomic mass is 16.5. The Hall–Kier alpha value is -1.28. The first kappa shape index (κ1) is 14.1. The molecule has 1 unspecified atom stereocenters. The highest BCUT2D eigenvalue weighted by Gasteiger charge is 2.13. The molecule has 104 valence electrons. The average Bonchev–Trinajstić information content (AvgIpc) is 2.38. The molecule has 19 heavy (non-hydrogen) atoms. The van der Waals surface area contributed by atoms with Gasteiger partial charge in [0.2, 0.25) is 0 Å². The van der Waals surface area contributed by atoms with Gasteiger partial charge in [-0.15, -0.1) is 0 Å². The van der Waals surface area contributed by atoms with E-state index in [0.29, 0.717) is 6.61 Å². The molecule has 0 bridgehead atoms. The number of hydrogen-bond acceptors (Lipinski definition) is 2. The predicted molar refractivity (Wildman–Crippen MR) is 80.3 cm³/mol. The van der Waals surface area contributed by atoms with Crippen LogP contribution >= 0.6 is 0 Å². The van der Waals surface area contributed by atoms with Crippen molar-refractivity contribution in [2.24, 2.45) is 5.73 Å². The van der Waals surface area contributed by atoms with E-state index in [9.17, 15) is 0 Å². The molecule has 0 saturated heterocycles. The second kappa shape index (κ2) is 7.34. The molecule has 2 N–H and O–H groups in total. The summed E-state index contributed by atoms with van der Waals surface area (Å²) >= 11 is 0. The van der Waals surface area contributed by atoms with Crippen molar-refractivity contribution in [2.75, 3.05) is 6.61 Å². The lowest BCUT2D eigenvalue weighted by Gasteiger charge is -2.19. The van der Waals surface area contributed by atoms with Gasteiger partial charge in [0.25, 0.3) is 0 Å². The summed E-state index contributed by atoms with van der Waals surface area (Å²) in [6.07, 6.45) is 9.94. The second-order valence-corrected chi connectivity index (χ2v) is 5.22. The third-order valence-corrected chi connectivity index (χ3v) is 3.75. The Kier molecular flexibility index (Phi) is 5.46. The Morgan fingerprint density at radius 2 is 2.05 bits per heavy atom. The van der Waals surface area contributed by atoms with Crippen LogP contribution in [-0.4, -0.2) is 6.61 Å². The maximum absolute atomic E-state index is 6.43. The molecule has 1 aliphatic rings. The molecule has 0 spiro atoms. The third kappa shape index (κ3) is 4.10.